The van der Waals surface area contributed by atoms with E-state index in [9.17, 15) is 0 Å². The monoisotopic (exact) mass is 267 g/mol. The third-order valence-corrected chi connectivity index (χ3v) is 4.10. The van der Waals surface area contributed by atoms with Crippen LogP contribution in [0.15, 0.2) is 4.42 Å². The van der Waals surface area contributed by atoms with Gasteiger partial charge in [0.2, 0.25) is 5.89 Å². The van der Waals surface area contributed by atoms with Crippen molar-refractivity contribution in [3.8, 4) is 0 Å². The number of nitrogens with zero attached hydrogens (tertiary/aromatic N) is 3. The highest BCUT2D eigenvalue weighted by atomic mass is 16.4. The smallest absolute Gasteiger partial charge is 0.315 e. The van der Waals surface area contributed by atoms with Crippen LogP contribution < -0.4 is 10.6 Å². The molecule has 108 valence electrons. The first-order valence-corrected chi connectivity index (χ1v) is 7.04. The second kappa shape index (κ2) is 6.34. The quantitative estimate of drug-likeness (QED) is 0.813. The highest BCUT2D eigenvalue weighted by molar-refractivity contribution is 5.19. The predicted octanol–water partition coefficient (Wildman–Crippen LogP) is 1.47. The minimum atomic E-state index is 0.218. The average molecular weight is 267 g/mol. The van der Waals surface area contributed by atoms with Crippen LogP contribution in [0.25, 0.3) is 0 Å². The zero-order valence-corrected chi connectivity index (χ0v) is 12.2. The maximum Gasteiger partial charge on any atom is 0.315 e. The molecule has 6 heteroatoms. The van der Waals surface area contributed by atoms with Gasteiger partial charge in [-0.25, -0.2) is 0 Å². The standard InChI is InChI=1S/C13H25N5O/c1-14-9-11-16-17-12(19-11)15-10-13(18(2)3)7-5-4-6-8-13/h14H,4-10H2,1-3H3,(H,15,17). The number of hydrogen-bond donors (Lipinski definition) is 2. The Balaban J connectivity index is 1.94. The summed E-state index contributed by atoms with van der Waals surface area (Å²) in [6, 6.07) is 0.525. The van der Waals surface area contributed by atoms with Crippen LogP contribution in [0.4, 0.5) is 6.01 Å². The van der Waals surface area contributed by atoms with E-state index < -0.39 is 0 Å². The van der Waals surface area contributed by atoms with Crippen LogP contribution in [-0.4, -0.2) is 48.3 Å². The highest BCUT2D eigenvalue weighted by Crippen LogP contribution is 2.32. The van der Waals surface area contributed by atoms with Gasteiger partial charge in [0.15, 0.2) is 0 Å². The van der Waals surface area contributed by atoms with Crippen molar-refractivity contribution in [2.45, 2.75) is 44.2 Å². The second-order valence-corrected chi connectivity index (χ2v) is 5.56. The summed E-state index contributed by atoms with van der Waals surface area (Å²) in [7, 11) is 6.18. The lowest BCUT2D eigenvalue weighted by Gasteiger charge is -2.43. The molecular formula is C13H25N5O. The van der Waals surface area contributed by atoms with E-state index in [0.717, 1.165) is 6.54 Å². The average Bonchev–Trinajstić information content (AvgIpc) is 2.86. The van der Waals surface area contributed by atoms with Crippen molar-refractivity contribution < 1.29 is 4.42 Å². The van der Waals surface area contributed by atoms with E-state index in [2.05, 4.69) is 39.8 Å². The lowest BCUT2D eigenvalue weighted by molar-refractivity contribution is 0.113. The molecule has 1 aromatic heterocycles. The minimum Gasteiger partial charge on any atom is -0.407 e. The molecule has 0 unspecified atom stereocenters. The lowest BCUT2D eigenvalue weighted by atomic mass is 9.80. The number of aromatic nitrogens is 2. The van der Waals surface area contributed by atoms with Crippen molar-refractivity contribution in [3.05, 3.63) is 5.89 Å². The Morgan fingerprint density at radius 3 is 2.58 bits per heavy atom. The molecule has 1 heterocycles. The normalized spacial score (nSPS) is 18.7. The molecule has 1 aliphatic rings. The van der Waals surface area contributed by atoms with E-state index in [1.54, 1.807) is 0 Å². The Morgan fingerprint density at radius 2 is 1.95 bits per heavy atom. The third-order valence-electron chi connectivity index (χ3n) is 4.10. The summed E-state index contributed by atoms with van der Waals surface area (Å²) in [6.45, 7) is 1.47. The molecule has 0 radical (unpaired) electrons. The first-order chi connectivity index (χ1) is 9.16. The van der Waals surface area contributed by atoms with Crippen LogP contribution >= 0.6 is 0 Å². The van der Waals surface area contributed by atoms with Crippen LogP contribution in [-0.2, 0) is 6.54 Å². The van der Waals surface area contributed by atoms with Crippen molar-refractivity contribution in [3.63, 3.8) is 0 Å². The molecule has 0 aliphatic heterocycles. The number of likely N-dealkylation sites (N-methyl/N-ethyl adjacent to an activating group) is 1. The van der Waals surface area contributed by atoms with E-state index in [1.165, 1.54) is 32.1 Å². The molecule has 0 saturated heterocycles. The fraction of sp³-hybridized carbons (Fsp3) is 0.846. The molecule has 0 spiro atoms. The third kappa shape index (κ3) is 3.45. The van der Waals surface area contributed by atoms with Gasteiger partial charge in [0.25, 0.3) is 0 Å². The molecule has 2 N–H and O–H groups in total. The van der Waals surface area contributed by atoms with Crippen LogP contribution in [0, 0.1) is 0 Å². The van der Waals surface area contributed by atoms with E-state index in [1.807, 2.05) is 7.05 Å². The molecule has 1 aliphatic carbocycles. The maximum absolute atomic E-state index is 5.53. The van der Waals surface area contributed by atoms with Crippen molar-refractivity contribution in [1.82, 2.24) is 20.4 Å². The molecule has 1 saturated carbocycles. The first-order valence-electron chi connectivity index (χ1n) is 7.04. The topological polar surface area (TPSA) is 66.2 Å². The Morgan fingerprint density at radius 1 is 1.21 bits per heavy atom. The number of rotatable bonds is 6. The molecule has 0 aromatic carbocycles. The molecule has 6 nitrogen and oxygen atoms in total. The molecule has 0 bridgehead atoms. The molecule has 1 aromatic rings. The van der Waals surface area contributed by atoms with Crippen molar-refractivity contribution in [1.29, 1.82) is 0 Å². The molecule has 1 fully saturated rings. The summed E-state index contributed by atoms with van der Waals surface area (Å²) >= 11 is 0. The number of nitrogens with one attached hydrogen (secondary N) is 2. The van der Waals surface area contributed by atoms with Crippen LogP contribution in [0.1, 0.15) is 38.0 Å². The van der Waals surface area contributed by atoms with Gasteiger partial charge in [-0.3, -0.25) is 0 Å². The predicted molar refractivity (Wildman–Crippen MR) is 75.1 cm³/mol. The first kappa shape index (κ1) is 14.3. The summed E-state index contributed by atoms with van der Waals surface area (Å²) in [6.07, 6.45) is 6.40. The minimum absolute atomic E-state index is 0.218. The van der Waals surface area contributed by atoms with Gasteiger partial charge >= 0.3 is 6.01 Å². The van der Waals surface area contributed by atoms with Gasteiger partial charge in [-0.1, -0.05) is 24.4 Å². The van der Waals surface area contributed by atoms with Gasteiger partial charge in [-0.05, 0) is 34.0 Å². The van der Waals surface area contributed by atoms with Gasteiger partial charge in [-0.15, -0.1) is 5.10 Å². The van der Waals surface area contributed by atoms with Gasteiger partial charge in [0.1, 0.15) is 0 Å². The fourth-order valence-corrected chi connectivity index (χ4v) is 2.78. The molecular weight excluding hydrogens is 242 g/mol. The largest absolute Gasteiger partial charge is 0.407 e. The summed E-state index contributed by atoms with van der Waals surface area (Å²) in [4.78, 5) is 2.34. The molecule has 0 amide bonds. The van der Waals surface area contributed by atoms with Gasteiger partial charge < -0.3 is 20.0 Å². The Kier molecular flexibility index (Phi) is 4.76. The molecule has 2 rings (SSSR count). The zero-order chi connectivity index (χ0) is 13.7. The number of hydrogen-bond acceptors (Lipinski definition) is 6. The summed E-state index contributed by atoms with van der Waals surface area (Å²) in [5.74, 6) is 0.618. The Labute approximate surface area is 115 Å². The van der Waals surface area contributed by atoms with E-state index >= 15 is 0 Å². The Hall–Kier alpha value is -1.14. The van der Waals surface area contributed by atoms with Crippen LogP contribution in [0.5, 0.6) is 0 Å². The highest BCUT2D eigenvalue weighted by Gasteiger charge is 2.34. The van der Waals surface area contributed by atoms with Crippen molar-refractivity contribution >= 4 is 6.01 Å². The van der Waals surface area contributed by atoms with Gasteiger partial charge in [-0.2, -0.15) is 0 Å². The lowest BCUT2D eigenvalue weighted by Crippen LogP contribution is -2.51. The van der Waals surface area contributed by atoms with E-state index in [4.69, 9.17) is 4.42 Å². The van der Waals surface area contributed by atoms with Crippen molar-refractivity contribution in [2.24, 2.45) is 0 Å². The molecule has 19 heavy (non-hydrogen) atoms. The van der Waals surface area contributed by atoms with Crippen LogP contribution in [0.2, 0.25) is 0 Å². The number of anilines is 1. The zero-order valence-electron chi connectivity index (χ0n) is 12.2. The second-order valence-electron chi connectivity index (χ2n) is 5.56. The van der Waals surface area contributed by atoms with Crippen molar-refractivity contribution in [2.75, 3.05) is 33.0 Å². The summed E-state index contributed by atoms with van der Waals surface area (Å²) in [5.41, 5.74) is 0.218. The van der Waals surface area contributed by atoms with Gasteiger partial charge in [0, 0.05) is 12.1 Å². The summed E-state index contributed by atoms with van der Waals surface area (Å²) in [5, 5.41) is 14.3. The van der Waals surface area contributed by atoms with E-state index in [0.29, 0.717) is 18.5 Å². The maximum atomic E-state index is 5.53. The fourth-order valence-electron chi connectivity index (χ4n) is 2.78. The Bertz CT molecular complexity index is 384. The SMILES string of the molecule is CNCc1nnc(NCC2(N(C)C)CCCCC2)o1. The van der Waals surface area contributed by atoms with Crippen LogP contribution in [0.3, 0.4) is 0 Å². The molecule has 0 atom stereocenters. The summed E-state index contributed by atoms with van der Waals surface area (Å²) < 4.78 is 5.53. The van der Waals surface area contributed by atoms with Gasteiger partial charge in [0.05, 0.1) is 6.54 Å². The van der Waals surface area contributed by atoms with E-state index in [-0.39, 0.29) is 5.54 Å².